The number of carbonyl (C=O) groups excluding carboxylic acids is 2. The minimum absolute atomic E-state index is 0.0140. The van der Waals surface area contributed by atoms with E-state index >= 15 is 13.2 Å². The summed E-state index contributed by atoms with van der Waals surface area (Å²) in [4.78, 5) is 29.5. The smallest absolute Gasteiger partial charge is 0.318 e. The summed E-state index contributed by atoms with van der Waals surface area (Å²) in [7, 11) is 0. The topological polar surface area (TPSA) is 109 Å². The number of alkyl halides is 1. The second-order valence-electron chi connectivity index (χ2n) is 13.1. The first-order valence-corrected chi connectivity index (χ1v) is 16.5. The van der Waals surface area contributed by atoms with Gasteiger partial charge in [-0.2, -0.15) is 10.2 Å². The maximum absolute atomic E-state index is 15.6. The lowest BCUT2D eigenvalue weighted by atomic mass is 9.98. The van der Waals surface area contributed by atoms with Crippen molar-refractivity contribution in [2.24, 2.45) is 0 Å². The van der Waals surface area contributed by atoms with E-state index in [0.29, 0.717) is 38.4 Å². The highest BCUT2D eigenvalue weighted by Gasteiger charge is 2.35. The molecule has 4 heterocycles. The van der Waals surface area contributed by atoms with Gasteiger partial charge in [-0.25, -0.2) is 18.0 Å². The van der Waals surface area contributed by atoms with Crippen molar-refractivity contribution >= 4 is 11.9 Å². The van der Waals surface area contributed by atoms with Crippen molar-refractivity contribution in [1.29, 1.82) is 0 Å². The van der Waals surface area contributed by atoms with E-state index in [0.717, 1.165) is 24.6 Å². The van der Waals surface area contributed by atoms with Gasteiger partial charge in [0.1, 0.15) is 29.3 Å². The van der Waals surface area contributed by atoms with E-state index in [2.05, 4.69) is 25.7 Å². The molecule has 1 aromatic heterocycles. The summed E-state index contributed by atoms with van der Waals surface area (Å²) in [5.74, 6) is -1.92. The number of amides is 3. The Hall–Kier alpha value is -4.23. The molecule has 6 rings (SSSR count). The van der Waals surface area contributed by atoms with Gasteiger partial charge in [0.2, 0.25) is 0 Å². The number of urea groups is 1. The van der Waals surface area contributed by atoms with Crippen LogP contribution in [0.5, 0.6) is 11.5 Å². The number of ether oxygens (including phenoxy) is 2. The van der Waals surface area contributed by atoms with E-state index in [4.69, 9.17) is 9.47 Å². The van der Waals surface area contributed by atoms with Gasteiger partial charge in [0.25, 0.3) is 5.91 Å². The Morgan fingerprint density at radius 2 is 1.85 bits per heavy atom. The van der Waals surface area contributed by atoms with E-state index in [1.807, 2.05) is 20.8 Å². The number of aromatic nitrogens is 2. The van der Waals surface area contributed by atoms with Crippen molar-refractivity contribution in [3.8, 4) is 22.8 Å². The highest BCUT2D eigenvalue weighted by molar-refractivity contribution is 5.95. The molecule has 48 heavy (non-hydrogen) atoms. The predicted molar refractivity (Wildman–Crippen MR) is 173 cm³/mol. The third kappa shape index (κ3) is 7.57. The Morgan fingerprint density at radius 3 is 2.50 bits per heavy atom. The van der Waals surface area contributed by atoms with Crippen LogP contribution in [0.4, 0.5) is 18.0 Å². The number of likely N-dealkylation sites (tertiary alicyclic amines) is 1. The SMILES string of the molecule is CC(C)c1ccc(-c2ccc(Oc3cc(C(=O)N[C@H]4CCN(C5CCOCC5)C[C@H]4F)c(F)cc3CN3C[C@@H](C)NC3=O)cc2F)nn1. The van der Waals surface area contributed by atoms with Gasteiger partial charge in [-0.1, -0.05) is 13.8 Å². The molecule has 3 atom stereocenters. The van der Waals surface area contributed by atoms with Crippen LogP contribution in [-0.2, 0) is 11.3 Å². The third-order valence-corrected chi connectivity index (χ3v) is 9.22. The first-order chi connectivity index (χ1) is 23.0. The average Bonchev–Trinajstić information content (AvgIpc) is 3.39. The Bertz CT molecular complexity index is 1640. The number of nitrogens with zero attached hydrogens (tertiary/aromatic N) is 4. The molecule has 13 heteroatoms. The maximum atomic E-state index is 15.6. The number of carbonyl (C=O) groups is 2. The van der Waals surface area contributed by atoms with Gasteiger partial charge >= 0.3 is 6.03 Å². The molecule has 3 aliphatic heterocycles. The first-order valence-electron chi connectivity index (χ1n) is 16.5. The van der Waals surface area contributed by atoms with Gasteiger partial charge in [-0.05, 0) is 68.5 Å². The summed E-state index contributed by atoms with van der Waals surface area (Å²) in [6, 6.07) is 9.10. The first kappa shape index (κ1) is 33.7. The Morgan fingerprint density at radius 1 is 1.06 bits per heavy atom. The molecule has 3 saturated heterocycles. The minimum Gasteiger partial charge on any atom is -0.457 e. The molecule has 10 nitrogen and oxygen atoms in total. The van der Waals surface area contributed by atoms with Gasteiger partial charge in [0.15, 0.2) is 0 Å². The normalized spacial score (nSPS) is 22.2. The van der Waals surface area contributed by atoms with Gasteiger partial charge in [0.05, 0.1) is 29.5 Å². The lowest BCUT2D eigenvalue weighted by molar-refractivity contribution is 0.00512. The van der Waals surface area contributed by atoms with Crippen LogP contribution in [0.25, 0.3) is 11.3 Å². The van der Waals surface area contributed by atoms with E-state index in [9.17, 15) is 9.59 Å². The van der Waals surface area contributed by atoms with Crippen LogP contribution in [0.2, 0.25) is 0 Å². The zero-order chi connectivity index (χ0) is 33.9. The Labute approximate surface area is 278 Å². The van der Waals surface area contributed by atoms with Gasteiger partial charge in [0, 0.05) is 62.1 Å². The van der Waals surface area contributed by atoms with Crippen LogP contribution in [0, 0.1) is 11.6 Å². The minimum atomic E-state index is -1.33. The fraction of sp³-hybridized carbons (Fsp3) is 0.486. The van der Waals surface area contributed by atoms with Gasteiger partial charge in [-0.15, -0.1) is 0 Å². The van der Waals surface area contributed by atoms with Crippen LogP contribution in [-0.4, -0.2) is 89.1 Å². The molecule has 0 unspecified atom stereocenters. The third-order valence-electron chi connectivity index (χ3n) is 9.22. The largest absolute Gasteiger partial charge is 0.457 e. The molecule has 0 bridgehead atoms. The summed E-state index contributed by atoms with van der Waals surface area (Å²) in [5.41, 5.74) is 1.29. The van der Waals surface area contributed by atoms with Crippen molar-refractivity contribution in [2.45, 2.75) is 76.8 Å². The van der Waals surface area contributed by atoms with E-state index in [1.165, 1.54) is 29.2 Å². The van der Waals surface area contributed by atoms with Crippen molar-refractivity contribution < 1.29 is 32.2 Å². The summed E-state index contributed by atoms with van der Waals surface area (Å²) in [6.07, 6.45) is 0.737. The monoisotopic (exact) mass is 666 g/mol. The summed E-state index contributed by atoms with van der Waals surface area (Å²) >= 11 is 0. The van der Waals surface area contributed by atoms with Crippen LogP contribution in [0.1, 0.15) is 67.6 Å². The zero-order valence-electron chi connectivity index (χ0n) is 27.3. The summed E-state index contributed by atoms with van der Waals surface area (Å²) in [5, 5.41) is 13.8. The molecule has 0 spiro atoms. The number of hydrogen-bond donors (Lipinski definition) is 2. The highest BCUT2D eigenvalue weighted by Crippen LogP contribution is 2.33. The summed E-state index contributed by atoms with van der Waals surface area (Å²) < 4.78 is 57.7. The molecule has 256 valence electrons. The highest BCUT2D eigenvalue weighted by atomic mass is 19.1. The van der Waals surface area contributed by atoms with Crippen molar-refractivity contribution in [3.05, 3.63) is 70.9 Å². The molecule has 3 aliphatic rings. The van der Waals surface area contributed by atoms with Crippen LogP contribution in [0.3, 0.4) is 0 Å². The molecule has 0 aliphatic carbocycles. The zero-order valence-corrected chi connectivity index (χ0v) is 27.3. The number of nitrogens with one attached hydrogen (secondary N) is 2. The molecular formula is C35H41F3N6O4. The molecule has 2 aromatic carbocycles. The molecule has 2 N–H and O–H groups in total. The number of rotatable bonds is 9. The number of benzene rings is 2. The fourth-order valence-corrected chi connectivity index (χ4v) is 6.50. The number of halogens is 3. The quantitative estimate of drug-likeness (QED) is 0.307. The standard InChI is InChI=1S/C35H41F3N6O4/c1-20(2)30-6-7-31(42-41-30)25-5-4-24(15-28(25)37)48-33-16-26(27(36)14-22(33)18-44-17-21(3)39-35(44)46)34(45)40-32-8-11-43(19-29(32)38)23-9-12-47-13-10-23/h4-7,14-16,20-21,23,29,32H,8-13,17-19H2,1-3H3,(H,39,46)(H,40,45)/t21-,29-,32+/m1/s1. The number of hydrogen-bond acceptors (Lipinski definition) is 7. The molecule has 3 fully saturated rings. The fourth-order valence-electron chi connectivity index (χ4n) is 6.50. The summed E-state index contributed by atoms with van der Waals surface area (Å²) in [6.45, 7) is 8.28. The van der Waals surface area contributed by atoms with Crippen LogP contribution in [0.15, 0.2) is 42.5 Å². The predicted octanol–water partition coefficient (Wildman–Crippen LogP) is 5.57. The average molecular weight is 667 g/mol. The second kappa shape index (κ2) is 14.5. The van der Waals surface area contributed by atoms with Crippen molar-refractivity contribution in [1.82, 2.24) is 30.6 Å². The molecule has 3 aromatic rings. The van der Waals surface area contributed by atoms with Crippen molar-refractivity contribution in [3.63, 3.8) is 0 Å². The van der Waals surface area contributed by atoms with Crippen molar-refractivity contribution in [2.75, 3.05) is 32.8 Å². The molecule has 3 amide bonds. The lowest BCUT2D eigenvalue weighted by Crippen LogP contribution is -2.55. The molecule has 0 radical (unpaired) electrons. The molecule has 0 saturated carbocycles. The molecular weight excluding hydrogens is 625 g/mol. The lowest BCUT2D eigenvalue weighted by Gasteiger charge is -2.41. The van der Waals surface area contributed by atoms with Crippen LogP contribution >= 0.6 is 0 Å². The van der Waals surface area contributed by atoms with E-state index < -0.39 is 29.8 Å². The van der Waals surface area contributed by atoms with Gasteiger partial charge < -0.3 is 25.0 Å². The Balaban J connectivity index is 1.22. The van der Waals surface area contributed by atoms with Crippen LogP contribution < -0.4 is 15.4 Å². The number of piperidine rings is 1. The van der Waals surface area contributed by atoms with E-state index in [-0.39, 0.29) is 65.3 Å². The van der Waals surface area contributed by atoms with E-state index in [1.54, 1.807) is 12.1 Å². The van der Waals surface area contributed by atoms with Gasteiger partial charge in [-0.3, -0.25) is 9.69 Å². The Kier molecular flexibility index (Phi) is 10.2. The maximum Gasteiger partial charge on any atom is 0.318 e. The second-order valence-corrected chi connectivity index (χ2v) is 13.1.